The van der Waals surface area contributed by atoms with Crippen LogP contribution >= 0.6 is 0 Å². The van der Waals surface area contributed by atoms with Gasteiger partial charge in [0.25, 0.3) is 0 Å². The number of hydrogen-bond acceptors (Lipinski definition) is 7. The van der Waals surface area contributed by atoms with Crippen LogP contribution in [0.3, 0.4) is 0 Å². The quantitative estimate of drug-likeness (QED) is 0.0643. The van der Waals surface area contributed by atoms with Gasteiger partial charge in [-0.25, -0.2) is 4.79 Å². The van der Waals surface area contributed by atoms with Crippen LogP contribution in [0.25, 0.3) is 10.9 Å². The molecule has 1 aromatic heterocycles. The third kappa shape index (κ3) is 13.4. The highest BCUT2D eigenvalue weighted by Gasteiger charge is 2.30. The van der Waals surface area contributed by atoms with Crippen LogP contribution in [-0.2, 0) is 38.6 Å². The number of nitrogens with one attached hydrogen (secondary N) is 4. The Morgan fingerprint density at radius 1 is 0.925 bits per heavy atom. The second kappa shape index (κ2) is 20.1. The smallest absolute Gasteiger partial charge is 0.315 e. The fourth-order valence-electron chi connectivity index (χ4n) is 5.89. The monoisotopic (exact) mass is 726 g/mol. The average Bonchev–Trinajstić information content (AvgIpc) is 3.61. The summed E-state index contributed by atoms with van der Waals surface area (Å²) >= 11 is 0. The van der Waals surface area contributed by atoms with Crippen molar-refractivity contribution in [1.29, 1.82) is 0 Å². The number of aromatic nitrogens is 2. The Kier molecular flexibility index (Phi) is 15.4. The predicted molar refractivity (Wildman–Crippen MR) is 206 cm³/mol. The fraction of sp³-hybridized carbons (Fsp3) is 0.415. The summed E-state index contributed by atoms with van der Waals surface area (Å²) in [7, 11) is 0. The summed E-state index contributed by atoms with van der Waals surface area (Å²) in [5.41, 5.74) is 3.06. The van der Waals surface area contributed by atoms with Crippen molar-refractivity contribution in [3.05, 3.63) is 108 Å². The number of nitrogens with zero attached hydrogens (tertiary/aromatic N) is 2. The van der Waals surface area contributed by atoms with Crippen LogP contribution in [0, 0.1) is 0 Å². The van der Waals surface area contributed by atoms with E-state index in [2.05, 4.69) is 32.7 Å². The number of H-pyrrole nitrogens is 1. The first-order chi connectivity index (χ1) is 25.5. The first kappa shape index (κ1) is 40.6. The highest BCUT2D eigenvalue weighted by atomic mass is 16.7. The van der Waals surface area contributed by atoms with E-state index in [1.54, 1.807) is 17.2 Å². The van der Waals surface area contributed by atoms with Crippen molar-refractivity contribution in [1.82, 2.24) is 31.0 Å². The lowest BCUT2D eigenvalue weighted by atomic mass is 10.0. The molecule has 4 amide bonds. The fourth-order valence-corrected chi connectivity index (χ4v) is 5.89. The number of amides is 4. The van der Waals surface area contributed by atoms with Gasteiger partial charge in [-0.05, 0) is 69.9 Å². The van der Waals surface area contributed by atoms with Crippen LogP contribution in [0.1, 0.15) is 64.2 Å². The van der Waals surface area contributed by atoms with Gasteiger partial charge in [-0.2, -0.15) is 5.10 Å². The van der Waals surface area contributed by atoms with Crippen molar-refractivity contribution in [3.8, 4) is 5.75 Å². The van der Waals surface area contributed by atoms with E-state index >= 15 is 0 Å². The molecule has 12 nitrogen and oxygen atoms in total. The van der Waals surface area contributed by atoms with Gasteiger partial charge in [-0.1, -0.05) is 66.7 Å². The lowest BCUT2D eigenvalue weighted by molar-refractivity contribution is -0.161. The molecule has 0 aliphatic rings. The van der Waals surface area contributed by atoms with Gasteiger partial charge in [-0.15, -0.1) is 6.58 Å². The van der Waals surface area contributed by atoms with Crippen LogP contribution in [0.5, 0.6) is 5.75 Å². The highest BCUT2D eigenvalue weighted by molar-refractivity contribution is 5.89. The highest BCUT2D eigenvalue weighted by Crippen LogP contribution is 2.22. The molecule has 0 aliphatic heterocycles. The second-order valence-corrected chi connectivity index (χ2v) is 13.7. The summed E-state index contributed by atoms with van der Waals surface area (Å²) < 4.78 is 17.8. The third-order valence-electron chi connectivity index (χ3n) is 8.25. The molecule has 2 unspecified atom stereocenters. The van der Waals surface area contributed by atoms with Gasteiger partial charge in [0, 0.05) is 50.6 Å². The molecule has 12 heteroatoms. The van der Waals surface area contributed by atoms with E-state index in [1.807, 2.05) is 107 Å². The molecule has 0 radical (unpaired) electrons. The molecule has 0 spiro atoms. The van der Waals surface area contributed by atoms with Crippen molar-refractivity contribution >= 4 is 28.7 Å². The molecule has 1 heterocycles. The molecule has 4 aromatic rings. The summed E-state index contributed by atoms with van der Waals surface area (Å²) in [4.78, 5) is 43.0. The molecule has 0 bridgehead atoms. The van der Waals surface area contributed by atoms with Crippen LogP contribution in [0.15, 0.2) is 91.6 Å². The minimum atomic E-state index is -0.960. The number of benzene rings is 3. The molecular weight excluding hydrogens is 672 g/mol. The second-order valence-electron chi connectivity index (χ2n) is 13.7. The molecule has 2 atom stereocenters. The van der Waals surface area contributed by atoms with Crippen molar-refractivity contribution in [3.63, 3.8) is 0 Å². The van der Waals surface area contributed by atoms with E-state index in [0.29, 0.717) is 31.9 Å². The Morgan fingerprint density at radius 2 is 1.64 bits per heavy atom. The molecule has 53 heavy (non-hydrogen) atoms. The van der Waals surface area contributed by atoms with Gasteiger partial charge < -0.3 is 35.1 Å². The Bertz CT molecular complexity index is 1750. The summed E-state index contributed by atoms with van der Waals surface area (Å²) in [6.45, 7) is 14.9. The van der Waals surface area contributed by atoms with Crippen molar-refractivity contribution in [2.45, 2.75) is 90.9 Å². The molecule has 0 aliphatic carbocycles. The Morgan fingerprint density at radius 3 is 2.30 bits per heavy atom. The summed E-state index contributed by atoms with van der Waals surface area (Å²) in [5, 5.41) is 16.9. The SMILES string of the molecule is C=CCC(CC(=O)NC(Cc1ccc(OC(C)(C)C)cc1)C(=O)N(Cc1cccc2cn[nH]c12)CC(OCC)OCC)NC(=O)NCc1ccccc1. The summed E-state index contributed by atoms with van der Waals surface area (Å²) in [6, 6.07) is 20.9. The van der Waals surface area contributed by atoms with Gasteiger partial charge in [0.15, 0.2) is 6.29 Å². The van der Waals surface area contributed by atoms with E-state index in [0.717, 1.165) is 27.6 Å². The van der Waals surface area contributed by atoms with Gasteiger partial charge in [0.05, 0.1) is 18.3 Å². The number of carbonyl (C=O) groups excluding carboxylic acids is 3. The molecular formula is C41H54N6O6. The molecule has 0 saturated carbocycles. The minimum absolute atomic E-state index is 0.0686. The zero-order valence-electron chi connectivity index (χ0n) is 31.5. The Hall–Kier alpha value is -5.20. The topological polar surface area (TPSA) is 147 Å². The van der Waals surface area contributed by atoms with E-state index in [1.165, 1.54) is 0 Å². The molecule has 0 saturated heterocycles. The number of hydrogen-bond donors (Lipinski definition) is 4. The number of ether oxygens (including phenoxy) is 3. The van der Waals surface area contributed by atoms with Gasteiger partial charge in [0.2, 0.25) is 11.8 Å². The van der Waals surface area contributed by atoms with E-state index in [4.69, 9.17) is 14.2 Å². The lowest BCUT2D eigenvalue weighted by Gasteiger charge is -2.31. The predicted octanol–water partition coefficient (Wildman–Crippen LogP) is 6.03. The van der Waals surface area contributed by atoms with Crippen molar-refractivity contribution in [2.75, 3.05) is 19.8 Å². The normalized spacial score (nSPS) is 12.6. The Labute approximate surface area is 312 Å². The Balaban J connectivity index is 1.58. The van der Waals surface area contributed by atoms with Gasteiger partial charge >= 0.3 is 6.03 Å². The van der Waals surface area contributed by atoms with E-state index < -0.39 is 30.3 Å². The number of fused-ring (bicyclic) bond motifs is 1. The minimum Gasteiger partial charge on any atom is -0.488 e. The first-order valence-electron chi connectivity index (χ1n) is 18.2. The van der Waals surface area contributed by atoms with Crippen molar-refractivity contribution in [2.24, 2.45) is 0 Å². The number of carbonyl (C=O) groups is 3. The first-order valence-corrected chi connectivity index (χ1v) is 18.2. The van der Waals surface area contributed by atoms with E-state index in [9.17, 15) is 14.4 Å². The van der Waals surface area contributed by atoms with Gasteiger partial charge in [0.1, 0.15) is 17.4 Å². The summed E-state index contributed by atoms with van der Waals surface area (Å²) in [5.74, 6) is -0.0150. The third-order valence-corrected chi connectivity index (χ3v) is 8.25. The lowest BCUT2D eigenvalue weighted by Crippen LogP contribution is -2.52. The summed E-state index contributed by atoms with van der Waals surface area (Å²) in [6.07, 6.45) is 3.19. The van der Waals surface area contributed by atoms with Gasteiger partial charge in [-0.3, -0.25) is 14.7 Å². The molecule has 4 rings (SSSR count). The zero-order valence-corrected chi connectivity index (χ0v) is 31.5. The van der Waals surface area contributed by atoms with Crippen LogP contribution < -0.4 is 20.7 Å². The van der Waals surface area contributed by atoms with Crippen LogP contribution in [0.2, 0.25) is 0 Å². The van der Waals surface area contributed by atoms with Crippen LogP contribution in [0.4, 0.5) is 4.79 Å². The maximum Gasteiger partial charge on any atom is 0.315 e. The molecule has 284 valence electrons. The molecule has 3 aromatic carbocycles. The van der Waals surface area contributed by atoms with Crippen LogP contribution in [-0.4, -0.2) is 76.7 Å². The van der Waals surface area contributed by atoms with E-state index in [-0.39, 0.29) is 37.4 Å². The zero-order chi connectivity index (χ0) is 38.2. The molecule has 4 N–H and O–H groups in total. The number of aromatic amines is 1. The number of para-hydroxylation sites is 1. The standard InChI is InChI=1S/C41H54N6O6/c1-7-14-33(44-40(50)42-25-30-15-11-10-12-16-30)24-36(48)45-35(23-29-19-21-34(22-20-29)53-41(4,5)6)39(49)47(28-37(51-8-2)52-9-3)27-32-18-13-17-31-26-43-46-38(31)32/h7,10-13,15-22,26,33,35,37H,1,8-9,14,23-25,27-28H2,2-6H3,(H,43,46)(H,45,48)(H2,42,44,50). The average molecular weight is 727 g/mol. The maximum atomic E-state index is 14.7. The van der Waals surface area contributed by atoms with Crippen molar-refractivity contribution < 1.29 is 28.6 Å². The number of urea groups is 1. The largest absolute Gasteiger partial charge is 0.488 e. The number of rotatable bonds is 20. The molecule has 0 fully saturated rings. The maximum absolute atomic E-state index is 14.7.